The molecule has 1 amide bonds. The van der Waals surface area contributed by atoms with E-state index in [0.717, 1.165) is 0 Å². The summed E-state index contributed by atoms with van der Waals surface area (Å²) in [4.78, 5) is 12.1. The van der Waals surface area contributed by atoms with Crippen molar-refractivity contribution in [3.63, 3.8) is 0 Å². The van der Waals surface area contributed by atoms with E-state index < -0.39 is 15.9 Å². The summed E-state index contributed by atoms with van der Waals surface area (Å²) in [5.74, 6) is 0.0827. The number of halogens is 2. The summed E-state index contributed by atoms with van der Waals surface area (Å²) in [6.07, 6.45) is 0. The Labute approximate surface area is 174 Å². The van der Waals surface area contributed by atoms with Crippen molar-refractivity contribution >= 4 is 44.8 Å². The van der Waals surface area contributed by atoms with Crippen molar-refractivity contribution in [2.45, 2.75) is 24.8 Å². The molecule has 7 nitrogen and oxygen atoms in total. The van der Waals surface area contributed by atoms with E-state index >= 15 is 0 Å². The molecule has 0 fully saturated rings. The van der Waals surface area contributed by atoms with Gasteiger partial charge in [-0.1, -0.05) is 23.2 Å². The number of rotatable bonds is 7. The molecule has 0 radical (unpaired) electrons. The molecule has 152 valence electrons. The molecular weight excluding hydrogens is 427 g/mol. The second kappa shape index (κ2) is 8.89. The van der Waals surface area contributed by atoms with Gasteiger partial charge in [0.2, 0.25) is 0 Å². The number of sulfonamides is 1. The quantitative estimate of drug-likeness (QED) is 0.671. The van der Waals surface area contributed by atoms with E-state index in [9.17, 15) is 13.2 Å². The SMILES string of the molecule is COc1cc(OC)c(NS(=O)(=O)c2ccc(Cl)c(C(=O)NC(C)C)c2)cc1Cl. The van der Waals surface area contributed by atoms with Gasteiger partial charge in [-0.15, -0.1) is 0 Å². The van der Waals surface area contributed by atoms with Crippen molar-refractivity contribution in [1.29, 1.82) is 0 Å². The van der Waals surface area contributed by atoms with Crippen LogP contribution in [0.15, 0.2) is 35.2 Å². The molecule has 0 atom stereocenters. The first-order valence-electron chi connectivity index (χ1n) is 8.13. The normalized spacial score (nSPS) is 11.2. The third-order valence-electron chi connectivity index (χ3n) is 3.63. The second-order valence-corrected chi connectivity index (χ2v) is 8.56. The van der Waals surface area contributed by atoms with Gasteiger partial charge < -0.3 is 14.8 Å². The van der Waals surface area contributed by atoms with Gasteiger partial charge in [-0.25, -0.2) is 8.42 Å². The summed E-state index contributed by atoms with van der Waals surface area (Å²) in [6.45, 7) is 3.57. The molecule has 0 aliphatic heterocycles. The summed E-state index contributed by atoms with van der Waals surface area (Å²) in [6, 6.07) is 6.56. The molecule has 0 heterocycles. The molecule has 0 aromatic heterocycles. The van der Waals surface area contributed by atoms with E-state index in [0.29, 0.717) is 5.75 Å². The maximum absolute atomic E-state index is 12.8. The lowest BCUT2D eigenvalue weighted by Gasteiger charge is -2.15. The van der Waals surface area contributed by atoms with E-state index in [2.05, 4.69) is 10.0 Å². The van der Waals surface area contributed by atoms with Gasteiger partial charge in [0.05, 0.1) is 40.4 Å². The van der Waals surface area contributed by atoms with Gasteiger partial charge in [-0.3, -0.25) is 9.52 Å². The molecule has 0 spiro atoms. The average Bonchev–Trinajstić information content (AvgIpc) is 2.61. The first-order chi connectivity index (χ1) is 13.1. The monoisotopic (exact) mass is 446 g/mol. The molecule has 0 saturated heterocycles. The van der Waals surface area contributed by atoms with Crippen LogP contribution in [-0.4, -0.2) is 34.6 Å². The van der Waals surface area contributed by atoms with Gasteiger partial charge in [0.15, 0.2) is 0 Å². The Bertz CT molecular complexity index is 994. The number of methoxy groups -OCH3 is 2. The summed E-state index contributed by atoms with van der Waals surface area (Å²) in [5, 5.41) is 3.02. The van der Waals surface area contributed by atoms with E-state index in [1.807, 2.05) is 0 Å². The highest BCUT2D eigenvalue weighted by molar-refractivity contribution is 7.92. The van der Waals surface area contributed by atoms with Gasteiger partial charge in [0.25, 0.3) is 15.9 Å². The number of carbonyl (C=O) groups excluding carboxylic acids is 1. The highest BCUT2D eigenvalue weighted by Gasteiger charge is 2.21. The van der Waals surface area contributed by atoms with Gasteiger partial charge >= 0.3 is 0 Å². The summed E-state index contributed by atoms with van der Waals surface area (Å²) >= 11 is 12.1. The Morgan fingerprint density at radius 3 is 2.21 bits per heavy atom. The van der Waals surface area contributed by atoms with Crippen LogP contribution in [0.5, 0.6) is 11.5 Å². The summed E-state index contributed by atoms with van der Waals surface area (Å²) in [5.41, 5.74) is 0.175. The molecule has 2 N–H and O–H groups in total. The van der Waals surface area contributed by atoms with Crippen LogP contribution in [0.4, 0.5) is 5.69 Å². The van der Waals surface area contributed by atoms with Crippen molar-refractivity contribution in [2.24, 2.45) is 0 Å². The Hall–Kier alpha value is -2.16. The lowest BCUT2D eigenvalue weighted by Crippen LogP contribution is -2.30. The van der Waals surface area contributed by atoms with Crippen LogP contribution >= 0.6 is 23.2 Å². The predicted octanol–water partition coefficient (Wildman–Crippen LogP) is 3.95. The van der Waals surface area contributed by atoms with Crippen LogP contribution in [0, 0.1) is 0 Å². The topological polar surface area (TPSA) is 93.7 Å². The molecule has 0 saturated carbocycles. The van der Waals surface area contributed by atoms with Gasteiger partial charge in [-0.05, 0) is 38.1 Å². The third kappa shape index (κ3) is 5.01. The number of nitrogens with one attached hydrogen (secondary N) is 2. The lowest BCUT2D eigenvalue weighted by atomic mass is 10.2. The van der Waals surface area contributed by atoms with E-state index in [-0.39, 0.29) is 38.0 Å². The maximum atomic E-state index is 12.8. The molecule has 0 aliphatic carbocycles. The number of amides is 1. The van der Waals surface area contributed by atoms with Crippen LogP contribution in [0.25, 0.3) is 0 Å². The van der Waals surface area contributed by atoms with Crippen molar-refractivity contribution in [3.05, 3.63) is 45.9 Å². The number of anilines is 1. The smallest absolute Gasteiger partial charge is 0.262 e. The molecule has 28 heavy (non-hydrogen) atoms. The van der Waals surface area contributed by atoms with Crippen LogP contribution in [0.3, 0.4) is 0 Å². The molecule has 2 aromatic rings. The van der Waals surface area contributed by atoms with Crippen molar-refractivity contribution in [3.8, 4) is 11.5 Å². The fourth-order valence-electron chi connectivity index (χ4n) is 2.33. The van der Waals surface area contributed by atoms with Crippen molar-refractivity contribution in [2.75, 3.05) is 18.9 Å². The van der Waals surface area contributed by atoms with Crippen LogP contribution in [-0.2, 0) is 10.0 Å². The first kappa shape index (κ1) is 22.1. The van der Waals surface area contributed by atoms with Gasteiger partial charge in [-0.2, -0.15) is 0 Å². The summed E-state index contributed by atoms with van der Waals surface area (Å²) in [7, 11) is -1.23. The minimum atomic E-state index is -4.05. The zero-order valence-corrected chi connectivity index (χ0v) is 18.0. The minimum absolute atomic E-state index is 0.0537. The first-order valence-corrected chi connectivity index (χ1v) is 10.4. The molecular formula is C18H20Cl2N2O5S. The fourth-order valence-corrected chi connectivity index (χ4v) is 3.86. The standard InChI is InChI=1S/C18H20Cl2N2O5S/c1-10(2)21-18(23)12-7-11(5-6-13(12)19)28(24,25)22-15-8-14(20)16(26-3)9-17(15)27-4/h5-10,22H,1-4H3,(H,21,23). The van der Waals surface area contributed by atoms with Crippen LogP contribution in [0.2, 0.25) is 10.0 Å². The number of hydrogen-bond acceptors (Lipinski definition) is 5. The highest BCUT2D eigenvalue weighted by atomic mass is 35.5. The van der Waals surface area contributed by atoms with Gasteiger partial charge in [0, 0.05) is 12.1 Å². The van der Waals surface area contributed by atoms with E-state index in [1.54, 1.807) is 13.8 Å². The van der Waals surface area contributed by atoms with Crippen molar-refractivity contribution < 1.29 is 22.7 Å². The third-order valence-corrected chi connectivity index (χ3v) is 5.62. The van der Waals surface area contributed by atoms with Crippen molar-refractivity contribution in [1.82, 2.24) is 5.32 Å². The number of carbonyl (C=O) groups is 1. The molecule has 0 aliphatic rings. The Morgan fingerprint density at radius 2 is 1.64 bits per heavy atom. The molecule has 2 aromatic carbocycles. The Kier molecular flexibility index (Phi) is 7.03. The van der Waals surface area contributed by atoms with Crippen LogP contribution in [0.1, 0.15) is 24.2 Å². The van der Waals surface area contributed by atoms with Crippen LogP contribution < -0.4 is 19.5 Å². The average molecular weight is 447 g/mol. The number of ether oxygens (including phenoxy) is 2. The number of benzene rings is 2. The van der Waals surface area contributed by atoms with Gasteiger partial charge in [0.1, 0.15) is 11.5 Å². The Balaban J connectivity index is 2.43. The second-order valence-electron chi connectivity index (χ2n) is 6.06. The predicted molar refractivity (Wildman–Crippen MR) is 109 cm³/mol. The Morgan fingerprint density at radius 1 is 1.00 bits per heavy atom. The molecule has 0 bridgehead atoms. The lowest BCUT2D eigenvalue weighted by molar-refractivity contribution is 0.0943. The van der Waals surface area contributed by atoms with E-state index in [4.69, 9.17) is 32.7 Å². The minimum Gasteiger partial charge on any atom is -0.495 e. The zero-order valence-electron chi connectivity index (χ0n) is 15.7. The molecule has 0 unspecified atom stereocenters. The molecule has 2 rings (SSSR count). The largest absolute Gasteiger partial charge is 0.495 e. The zero-order chi connectivity index (χ0) is 21.1. The van der Waals surface area contributed by atoms with E-state index in [1.165, 1.54) is 44.6 Å². The summed E-state index contributed by atoms with van der Waals surface area (Å²) < 4.78 is 38.4. The molecule has 10 heteroatoms. The fraction of sp³-hybridized carbons (Fsp3) is 0.278. The highest BCUT2D eigenvalue weighted by Crippen LogP contribution is 2.37. The number of hydrogen-bond donors (Lipinski definition) is 2. The maximum Gasteiger partial charge on any atom is 0.262 e.